The van der Waals surface area contributed by atoms with Crippen molar-refractivity contribution in [1.82, 2.24) is 9.80 Å². The number of carbonyl (C=O) groups is 2. The van der Waals surface area contributed by atoms with Crippen LogP contribution < -0.4 is 4.90 Å². The van der Waals surface area contributed by atoms with Crippen LogP contribution in [-0.2, 0) is 9.47 Å². The van der Waals surface area contributed by atoms with Gasteiger partial charge in [-0.1, -0.05) is 6.07 Å². The molecule has 7 heteroatoms. The zero-order chi connectivity index (χ0) is 18.9. The minimum absolute atomic E-state index is 0.0296. The fraction of sp³-hybridized carbons (Fsp3) is 0.600. The van der Waals surface area contributed by atoms with Crippen molar-refractivity contribution in [3.63, 3.8) is 0 Å². The van der Waals surface area contributed by atoms with Gasteiger partial charge in [0.25, 0.3) is 5.91 Å². The number of carbonyl (C=O) groups excluding carboxylic acids is 2. The van der Waals surface area contributed by atoms with Gasteiger partial charge >= 0.3 is 6.09 Å². The molecule has 0 aliphatic carbocycles. The number of benzene rings is 1. The van der Waals surface area contributed by atoms with E-state index >= 15 is 0 Å². The number of cyclic esters (lactones) is 1. The highest BCUT2D eigenvalue weighted by atomic mass is 16.6. The van der Waals surface area contributed by atoms with Gasteiger partial charge in [-0.25, -0.2) is 4.79 Å². The quantitative estimate of drug-likeness (QED) is 0.793. The van der Waals surface area contributed by atoms with E-state index in [2.05, 4.69) is 11.9 Å². The second-order valence-corrected chi connectivity index (χ2v) is 7.62. The lowest BCUT2D eigenvalue weighted by Crippen LogP contribution is -2.50. The molecule has 0 unspecified atom stereocenters. The molecule has 3 heterocycles. The standard InChI is InChI=1S/C20H27N3O4/c1-21-9-10-22(8-5-20(21)6-12-26-13-7-20)18(24)16-3-2-4-17(15-16)23-11-14-27-19(23)25/h2-4,15H,5-14H2,1H3. The van der Waals surface area contributed by atoms with Crippen LogP contribution in [0.4, 0.5) is 10.5 Å². The summed E-state index contributed by atoms with van der Waals surface area (Å²) in [5, 5.41) is 0. The Morgan fingerprint density at radius 1 is 1.04 bits per heavy atom. The van der Waals surface area contributed by atoms with Crippen molar-refractivity contribution in [2.45, 2.75) is 24.8 Å². The Hall–Kier alpha value is -2.12. The van der Waals surface area contributed by atoms with Gasteiger partial charge in [-0.2, -0.15) is 0 Å². The van der Waals surface area contributed by atoms with Crippen molar-refractivity contribution in [2.24, 2.45) is 0 Å². The lowest BCUT2D eigenvalue weighted by atomic mass is 9.85. The summed E-state index contributed by atoms with van der Waals surface area (Å²) < 4.78 is 10.6. The van der Waals surface area contributed by atoms with Crippen LogP contribution in [0.15, 0.2) is 24.3 Å². The highest BCUT2D eigenvalue weighted by Crippen LogP contribution is 2.32. The molecule has 3 aliphatic rings. The molecule has 3 fully saturated rings. The Kier molecular flexibility index (Phi) is 5.06. The number of likely N-dealkylation sites (N-methyl/N-ethyl adjacent to an activating group) is 1. The van der Waals surface area contributed by atoms with Crippen molar-refractivity contribution < 1.29 is 19.1 Å². The molecule has 0 atom stereocenters. The molecule has 4 rings (SSSR count). The predicted molar refractivity (Wildman–Crippen MR) is 101 cm³/mol. The van der Waals surface area contributed by atoms with Crippen LogP contribution in [0.2, 0.25) is 0 Å². The summed E-state index contributed by atoms with van der Waals surface area (Å²) in [6.07, 6.45) is 2.67. The van der Waals surface area contributed by atoms with Crippen molar-refractivity contribution in [3.8, 4) is 0 Å². The largest absolute Gasteiger partial charge is 0.447 e. The molecule has 27 heavy (non-hydrogen) atoms. The predicted octanol–water partition coefficient (Wildman–Crippen LogP) is 1.97. The first-order valence-electron chi connectivity index (χ1n) is 9.72. The van der Waals surface area contributed by atoms with Gasteiger partial charge in [-0.15, -0.1) is 0 Å². The monoisotopic (exact) mass is 373 g/mol. The third kappa shape index (κ3) is 3.53. The van der Waals surface area contributed by atoms with Crippen molar-refractivity contribution in [2.75, 3.05) is 57.9 Å². The van der Waals surface area contributed by atoms with Gasteiger partial charge < -0.3 is 14.4 Å². The van der Waals surface area contributed by atoms with Crippen LogP contribution in [0.3, 0.4) is 0 Å². The molecule has 0 aromatic heterocycles. The molecule has 146 valence electrons. The van der Waals surface area contributed by atoms with Crippen LogP contribution in [0.5, 0.6) is 0 Å². The Bertz CT molecular complexity index is 717. The van der Waals surface area contributed by atoms with E-state index in [1.807, 2.05) is 23.1 Å². The van der Waals surface area contributed by atoms with Crippen LogP contribution in [0.25, 0.3) is 0 Å². The lowest BCUT2D eigenvalue weighted by Gasteiger charge is -2.43. The van der Waals surface area contributed by atoms with E-state index in [0.717, 1.165) is 51.3 Å². The summed E-state index contributed by atoms with van der Waals surface area (Å²) in [7, 11) is 2.17. The van der Waals surface area contributed by atoms with E-state index in [1.165, 1.54) is 0 Å². The SMILES string of the molecule is CN1CCN(C(=O)c2cccc(N3CCOC3=O)c2)CCC12CCOCC2. The number of rotatable bonds is 2. The van der Waals surface area contributed by atoms with Gasteiger partial charge in [-0.3, -0.25) is 14.6 Å². The Morgan fingerprint density at radius 3 is 2.59 bits per heavy atom. The maximum atomic E-state index is 13.1. The second kappa shape index (κ2) is 7.48. The van der Waals surface area contributed by atoms with E-state index in [9.17, 15) is 9.59 Å². The zero-order valence-electron chi connectivity index (χ0n) is 15.9. The molecule has 0 saturated carbocycles. The maximum absolute atomic E-state index is 13.1. The molecule has 1 aromatic rings. The molecule has 1 spiro atoms. The third-order valence-corrected chi connectivity index (χ3v) is 6.24. The molecule has 1 aromatic carbocycles. The van der Waals surface area contributed by atoms with Gasteiger partial charge in [0.05, 0.1) is 6.54 Å². The first-order chi connectivity index (χ1) is 13.1. The van der Waals surface area contributed by atoms with Crippen LogP contribution >= 0.6 is 0 Å². The Labute approximate surface area is 159 Å². The summed E-state index contributed by atoms with van der Waals surface area (Å²) in [5.41, 5.74) is 1.49. The Morgan fingerprint density at radius 2 is 1.85 bits per heavy atom. The number of ether oxygens (including phenoxy) is 2. The fourth-order valence-corrected chi connectivity index (χ4v) is 4.36. The van der Waals surface area contributed by atoms with Crippen molar-refractivity contribution in [3.05, 3.63) is 29.8 Å². The van der Waals surface area contributed by atoms with E-state index in [0.29, 0.717) is 25.3 Å². The number of hydrogen-bond acceptors (Lipinski definition) is 5. The van der Waals surface area contributed by atoms with Crippen molar-refractivity contribution >= 4 is 17.7 Å². The number of amides is 2. The average molecular weight is 373 g/mol. The van der Waals surface area contributed by atoms with Gasteiger partial charge in [0.15, 0.2) is 0 Å². The van der Waals surface area contributed by atoms with Gasteiger partial charge in [0.2, 0.25) is 0 Å². The molecule has 7 nitrogen and oxygen atoms in total. The molecular weight excluding hydrogens is 346 g/mol. The first-order valence-corrected chi connectivity index (χ1v) is 9.72. The Balaban J connectivity index is 1.49. The van der Waals surface area contributed by atoms with Gasteiger partial charge in [-0.05, 0) is 44.5 Å². The number of anilines is 1. The maximum Gasteiger partial charge on any atom is 0.414 e. The van der Waals surface area contributed by atoms with Gasteiger partial charge in [0.1, 0.15) is 6.61 Å². The van der Waals surface area contributed by atoms with Crippen molar-refractivity contribution in [1.29, 1.82) is 0 Å². The number of nitrogens with zero attached hydrogens (tertiary/aromatic N) is 3. The summed E-state index contributed by atoms with van der Waals surface area (Å²) in [5.74, 6) is 0.0296. The van der Waals surface area contributed by atoms with Crippen LogP contribution in [0, 0.1) is 0 Å². The normalized spacial score (nSPS) is 23.4. The molecular formula is C20H27N3O4. The molecule has 2 amide bonds. The fourth-order valence-electron chi connectivity index (χ4n) is 4.36. The van der Waals surface area contributed by atoms with E-state index < -0.39 is 0 Å². The topological polar surface area (TPSA) is 62.3 Å². The molecule has 0 bridgehead atoms. The molecule has 3 aliphatic heterocycles. The van der Waals surface area contributed by atoms with Crippen LogP contribution in [-0.4, -0.2) is 80.4 Å². The van der Waals surface area contributed by atoms with Crippen LogP contribution in [0.1, 0.15) is 29.6 Å². The summed E-state index contributed by atoms with van der Waals surface area (Å²) >= 11 is 0. The highest BCUT2D eigenvalue weighted by molar-refractivity contribution is 5.97. The lowest BCUT2D eigenvalue weighted by molar-refractivity contribution is -0.0158. The molecule has 3 saturated heterocycles. The smallest absolute Gasteiger partial charge is 0.414 e. The molecule has 0 N–H and O–H groups in total. The third-order valence-electron chi connectivity index (χ3n) is 6.24. The minimum atomic E-state index is -0.350. The van der Waals surface area contributed by atoms with Gasteiger partial charge in [0, 0.05) is 49.6 Å². The summed E-state index contributed by atoms with van der Waals surface area (Å²) in [6.45, 7) is 4.84. The second-order valence-electron chi connectivity index (χ2n) is 7.62. The van der Waals surface area contributed by atoms with E-state index in [-0.39, 0.29) is 17.5 Å². The van der Waals surface area contributed by atoms with E-state index in [4.69, 9.17) is 9.47 Å². The minimum Gasteiger partial charge on any atom is -0.447 e. The summed E-state index contributed by atoms with van der Waals surface area (Å²) in [4.78, 5) is 30.9. The summed E-state index contributed by atoms with van der Waals surface area (Å²) in [6, 6.07) is 7.30. The number of hydrogen-bond donors (Lipinski definition) is 0. The molecule has 0 radical (unpaired) electrons. The average Bonchev–Trinajstić information content (AvgIpc) is 3.07. The first kappa shape index (κ1) is 18.3. The zero-order valence-corrected chi connectivity index (χ0v) is 15.9. The highest BCUT2D eigenvalue weighted by Gasteiger charge is 2.39. The van der Waals surface area contributed by atoms with E-state index in [1.54, 1.807) is 11.0 Å².